The van der Waals surface area contributed by atoms with Crippen LogP contribution in [0.4, 0.5) is 0 Å². The molecule has 6 heteroatoms. The van der Waals surface area contributed by atoms with Gasteiger partial charge in [-0.25, -0.2) is 4.98 Å². The van der Waals surface area contributed by atoms with Crippen LogP contribution >= 0.6 is 11.3 Å². The minimum atomic E-state index is 0.273. The molecule has 2 aliphatic carbocycles. The van der Waals surface area contributed by atoms with Crippen molar-refractivity contribution in [2.45, 2.75) is 69.4 Å². The monoisotopic (exact) mass is 454 g/mol. The third kappa shape index (κ3) is 4.17. The molecule has 2 fully saturated rings. The highest BCUT2D eigenvalue weighted by molar-refractivity contribution is 7.19. The lowest BCUT2D eigenvalue weighted by Gasteiger charge is -2.49. The summed E-state index contributed by atoms with van der Waals surface area (Å²) >= 11 is 1.82. The molecular formula is C26H34N2O3S. The molecule has 0 aromatic carbocycles. The van der Waals surface area contributed by atoms with Crippen LogP contribution in [0.15, 0.2) is 12.3 Å². The summed E-state index contributed by atoms with van der Waals surface area (Å²) in [4.78, 5) is 9.90. The van der Waals surface area contributed by atoms with Crippen LogP contribution in [-0.2, 0) is 15.9 Å². The molecule has 2 aromatic heterocycles. The van der Waals surface area contributed by atoms with Crippen LogP contribution in [0.2, 0.25) is 0 Å². The average Bonchev–Trinajstić information content (AvgIpc) is 3.40. The first-order chi connectivity index (χ1) is 15.7. The number of hydrogen-bond donors (Lipinski definition) is 0. The second kappa shape index (κ2) is 9.69. The summed E-state index contributed by atoms with van der Waals surface area (Å²) in [5.41, 5.74) is 1.72. The summed E-state index contributed by atoms with van der Waals surface area (Å²) in [5, 5.41) is 1.22. The Kier molecular flexibility index (Phi) is 6.71. The van der Waals surface area contributed by atoms with Gasteiger partial charge >= 0.3 is 0 Å². The molecule has 0 bridgehead atoms. The third-order valence-corrected chi connectivity index (χ3v) is 8.97. The van der Waals surface area contributed by atoms with Crippen LogP contribution in [0.5, 0.6) is 5.75 Å². The number of pyridine rings is 1. The summed E-state index contributed by atoms with van der Waals surface area (Å²) in [5.74, 6) is 3.98. The van der Waals surface area contributed by atoms with Crippen molar-refractivity contribution in [3.63, 3.8) is 0 Å². The highest BCUT2D eigenvalue weighted by Crippen LogP contribution is 2.47. The molecule has 5 rings (SSSR count). The van der Waals surface area contributed by atoms with E-state index in [9.17, 15) is 0 Å². The zero-order valence-corrected chi connectivity index (χ0v) is 19.9. The maximum atomic E-state index is 6.70. The molecule has 172 valence electrons. The number of hydrogen-bond acceptors (Lipinski definition) is 6. The maximum Gasteiger partial charge on any atom is 0.131 e. The van der Waals surface area contributed by atoms with Gasteiger partial charge in [-0.05, 0) is 56.6 Å². The number of aromatic nitrogens is 1. The number of aryl methyl sites for hydroxylation is 1. The SMILES string of the molecule is C#CCOC[C@H]1CCc2sc3nccc(O[C@H]4CC[C@](CC)(N5CCOCC5)CC4)c3c21. The lowest BCUT2D eigenvalue weighted by molar-refractivity contribution is -0.0510. The molecule has 3 heterocycles. The first-order valence-electron chi connectivity index (χ1n) is 12.1. The molecule has 32 heavy (non-hydrogen) atoms. The van der Waals surface area contributed by atoms with Gasteiger partial charge in [-0.2, -0.15) is 0 Å². The van der Waals surface area contributed by atoms with E-state index in [2.05, 4.69) is 28.8 Å². The van der Waals surface area contributed by atoms with Crippen molar-refractivity contribution in [2.75, 3.05) is 39.5 Å². The van der Waals surface area contributed by atoms with Crippen molar-refractivity contribution >= 4 is 21.6 Å². The standard InChI is InChI=1S/C26H34N2O3S/c1-3-15-30-18-19-5-6-22-23(19)24-21(9-12-27-25(24)32-22)31-20-7-10-26(4-2,11-8-20)28-13-16-29-17-14-28/h1,9,12,19-20H,4-8,10-11,13-18H2,2H3/t19-,20-,26-/m1/s1. The third-order valence-electron chi connectivity index (χ3n) is 7.80. The van der Waals surface area contributed by atoms with E-state index in [4.69, 9.17) is 20.6 Å². The van der Waals surface area contributed by atoms with Gasteiger partial charge in [0.05, 0.1) is 31.3 Å². The number of ether oxygens (including phenoxy) is 3. The van der Waals surface area contributed by atoms with Gasteiger partial charge in [0.15, 0.2) is 0 Å². The average molecular weight is 455 g/mol. The predicted molar refractivity (Wildman–Crippen MR) is 129 cm³/mol. The Bertz CT molecular complexity index is 967. The number of fused-ring (bicyclic) bond motifs is 3. The number of nitrogens with zero attached hydrogens (tertiary/aromatic N) is 2. The Morgan fingerprint density at radius 2 is 2.09 bits per heavy atom. The minimum absolute atomic E-state index is 0.273. The quantitative estimate of drug-likeness (QED) is 0.445. The van der Waals surface area contributed by atoms with Gasteiger partial charge in [-0.15, -0.1) is 17.8 Å². The van der Waals surface area contributed by atoms with Crippen molar-refractivity contribution < 1.29 is 14.2 Å². The number of morpholine rings is 1. The fourth-order valence-corrected chi connectivity index (χ4v) is 7.27. The molecule has 1 aliphatic heterocycles. The largest absolute Gasteiger partial charge is 0.490 e. The van der Waals surface area contributed by atoms with Gasteiger partial charge in [-0.3, -0.25) is 4.90 Å². The Hall–Kier alpha value is -1.65. The van der Waals surface area contributed by atoms with Crippen LogP contribution in [0.25, 0.3) is 10.2 Å². The van der Waals surface area contributed by atoms with Crippen LogP contribution in [0, 0.1) is 12.3 Å². The molecule has 1 saturated carbocycles. The highest BCUT2D eigenvalue weighted by atomic mass is 32.1. The van der Waals surface area contributed by atoms with Gasteiger partial charge in [0.25, 0.3) is 0 Å². The first-order valence-corrected chi connectivity index (χ1v) is 13.0. The maximum absolute atomic E-state index is 6.70. The van der Waals surface area contributed by atoms with Crippen molar-refractivity contribution in [1.82, 2.24) is 9.88 Å². The normalized spacial score (nSPS) is 28.5. The van der Waals surface area contributed by atoms with Gasteiger partial charge in [0, 0.05) is 35.6 Å². The molecule has 0 amide bonds. The van der Waals surface area contributed by atoms with Crippen LogP contribution < -0.4 is 4.74 Å². The first kappa shape index (κ1) is 22.2. The molecule has 3 aliphatic rings. The smallest absolute Gasteiger partial charge is 0.131 e. The molecule has 0 radical (unpaired) electrons. The lowest BCUT2D eigenvalue weighted by Crippen LogP contribution is -2.55. The van der Waals surface area contributed by atoms with Crippen LogP contribution in [0.1, 0.15) is 61.8 Å². The molecule has 1 atom stereocenters. The summed E-state index contributed by atoms with van der Waals surface area (Å²) in [6, 6.07) is 2.07. The summed E-state index contributed by atoms with van der Waals surface area (Å²) in [7, 11) is 0. The molecule has 5 nitrogen and oxygen atoms in total. The summed E-state index contributed by atoms with van der Waals surface area (Å²) < 4.78 is 18.0. The lowest BCUT2D eigenvalue weighted by atomic mass is 9.77. The topological polar surface area (TPSA) is 43.8 Å². The number of rotatable bonds is 7. The Labute approximate surface area is 195 Å². The van der Waals surface area contributed by atoms with E-state index in [1.807, 2.05) is 17.5 Å². The van der Waals surface area contributed by atoms with E-state index in [0.29, 0.717) is 24.7 Å². The number of terminal acetylenes is 1. The zero-order chi connectivity index (χ0) is 22.0. The van der Waals surface area contributed by atoms with Crippen LogP contribution in [-0.4, -0.2) is 61.0 Å². The van der Waals surface area contributed by atoms with Gasteiger partial charge < -0.3 is 14.2 Å². The second-order valence-corrected chi connectivity index (χ2v) is 10.5. The molecule has 0 spiro atoms. The van der Waals surface area contributed by atoms with Crippen molar-refractivity contribution in [2.24, 2.45) is 0 Å². The predicted octanol–water partition coefficient (Wildman–Crippen LogP) is 4.78. The van der Waals surface area contributed by atoms with Crippen molar-refractivity contribution in [3.05, 3.63) is 22.7 Å². The molecular weight excluding hydrogens is 420 g/mol. The minimum Gasteiger partial charge on any atom is -0.490 e. The van der Waals surface area contributed by atoms with E-state index in [0.717, 1.165) is 62.6 Å². The molecule has 0 N–H and O–H groups in total. The molecule has 2 aromatic rings. The Morgan fingerprint density at radius 1 is 1.28 bits per heavy atom. The van der Waals surface area contributed by atoms with E-state index in [1.54, 1.807) is 0 Å². The molecule has 0 unspecified atom stereocenters. The van der Waals surface area contributed by atoms with Crippen molar-refractivity contribution in [3.8, 4) is 18.1 Å². The van der Waals surface area contributed by atoms with Crippen molar-refractivity contribution in [1.29, 1.82) is 0 Å². The Morgan fingerprint density at radius 3 is 2.84 bits per heavy atom. The van der Waals surface area contributed by atoms with Crippen LogP contribution in [0.3, 0.4) is 0 Å². The zero-order valence-electron chi connectivity index (χ0n) is 19.1. The van der Waals surface area contributed by atoms with Gasteiger partial charge in [0.2, 0.25) is 0 Å². The highest BCUT2D eigenvalue weighted by Gasteiger charge is 2.40. The fraction of sp³-hybridized carbons (Fsp3) is 0.654. The van der Waals surface area contributed by atoms with E-state index in [1.165, 1.54) is 35.1 Å². The number of thiophene rings is 1. The summed E-state index contributed by atoms with van der Waals surface area (Å²) in [6.45, 7) is 7.26. The van der Waals surface area contributed by atoms with E-state index in [-0.39, 0.29) is 6.10 Å². The van der Waals surface area contributed by atoms with E-state index >= 15 is 0 Å². The Balaban J connectivity index is 1.32. The second-order valence-electron chi connectivity index (χ2n) is 9.38. The fourth-order valence-electron chi connectivity index (χ4n) is 6.01. The van der Waals surface area contributed by atoms with Gasteiger partial charge in [-0.1, -0.05) is 12.8 Å². The summed E-state index contributed by atoms with van der Waals surface area (Å²) in [6.07, 6.45) is 15.6. The van der Waals surface area contributed by atoms with Gasteiger partial charge in [0.1, 0.15) is 17.2 Å². The molecule has 1 saturated heterocycles. The van der Waals surface area contributed by atoms with E-state index < -0.39 is 0 Å².